The number of ether oxygens (including phenoxy) is 3. The first kappa shape index (κ1) is 27.0. The van der Waals surface area contributed by atoms with Crippen molar-refractivity contribution >= 4 is 17.7 Å². The van der Waals surface area contributed by atoms with Gasteiger partial charge in [-0.15, -0.1) is 0 Å². The summed E-state index contributed by atoms with van der Waals surface area (Å²) in [7, 11) is 1.62. The van der Waals surface area contributed by atoms with Gasteiger partial charge >= 0.3 is 6.09 Å². The fourth-order valence-electron chi connectivity index (χ4n) is 4.56. The molecule has 0 bridgehead atoms. The summed E-state index contributed by atoms with van der Waals surface area (Å²) in [6, 6.07) is 14.9. The van der Waals surface area contributed by atoms with Gasteiger partial charge in [0.1, 0.15) is 17.1 Å². The van der Waals surface area contributed by atoms with Crippen molar-refractivity contribution in [2.45, 2.75) is 52.1 Å². The van der Waals surface area contributed by atoms with E-state index >= 15 is 0 Å². The molecule has 0 unspecified atom stereocenters. The highest BCUT2D eigenvalue weighted by atomic mass is 16.6. The van der Waals surface area contributed by atoms with Gasteiger partial charge in [-0.25, -0.2) is 9.48 Å². The Bertz CT molecular complexity index is 1250. The van der Waals surface area contributed by atoms with Crippen molar-refractivity contribution in [3.05, 3.63) is 66.0 Å². The van der Waals surface area contributed by atoms with Crippen LogP contribution in [0.1, 0.15) is 62.5 Å². The highest BCUT2D eigenvalue weighted by molar-refractivity contribution is 6.06. The van der Waals surface area contributed by atoms with Crippen LogP contribution in [0.15, 0.2) is 54.7 Å². The third kappa shape index (κ3) is 6.27. The smallest absolute Gasteiger partial charge is 0.410 e. The molecule has 2 heterocycles. The summed E-state index contributed by atoms with van der Waals surface area (Å²) < 4.78 is 18.4. The maximum Gasteiger partial charge on any atom is 0.410 e. The van der Waals surface area contributed by atoms with Crippen LogP contribution >= 0.6 is 0 Å². The second-order valence-corrected chi connectivity index (χ2v) is 10.2. The maximum atomic E-state index is 13.6. The highest BCUT2D eigenvalue weighted by Gasteiger charge is 2.32. The maximum absolute atomic E-state index is 13.6. The molecule has 2 aromatic carbocycles. The van der Waals surface area contributed by atoms with Gasteiger partial charge in [0.2, 0.25) is 0 Å². The number of piperidine rings is 1. The summed E-state index contributed by atoms with van der Waals surface area (Å²) in [6.07, 6.45) is 2.65. The number of likely N-dealkylation sites (tertiary alicyclic amines) is 1. The molecule has 9 heteroatoms. The number of hydrogen-bond donors (Lipinski definition) is 1. The quantitative estimate of drug-likeness (QED) is 0.433. The van der Waals surface area contributed by atoms with E-state index in [0.29, 0.717) is 49.5 Å². The number of para-hydroxylation sites is 2. The summed E-state index contributed by atoms with van der Waals surface area (Å²) in [5, 5.41) is 7.62. The molecule has 1 aromatic heterocycles. The van der Waals surface area contributed by atoms with Gasteiger partial charge in [-0.1, -0.05) is 12.1 Å². The van der Waals surface area contributed by atoms with Crippen LogP contribution in [0.2, 0.25) is 0 Å². The normalized spacial score (nSPS) is 14.2. The zero-order valence-electron chi connectivity index (χ0n) is 22.7. The Balaban J connectivity index is 1.63. The Morgan fingerprint density at radius 2 is 1.74 bits per heavy atom. The van der Waals surface area contributed by atoms with Gasteiger partial charge in [-0.05, 0) is 76.9 Å². The fraction of sp³-hybridized carbons (Fsp3) is 0.414. The third-order valence-electron chi connectivity index (χ3n) is 6.34. The monoisotopic (exact) mass is 520 g/mol. The van der Waals surface area contributed by atoms with E-state index in [4.69, 9.17) is 14.2 Å². The number of benzene rings is 2. The zero-order chi connectivity index (χ0) is 27.3. The van der Waals surface area contributed by atoms with Crippen molar-refractivity contribution in [3.8, 4) is 17.2 Å². The molecule has 3 aromatic rings. The molecule has 1 saturated heterocycles. The first-order valence-corrected chi connectivity index (χ1v) is 12.9. The summed E-state index contributed by atoms with van der Waals surface area (Å²) in [6.45, 7) is 9.03. The van der Waals surface area contributed by atoms with Gasteiger partial charge in [0, 0.05) is 19.0 Å². The number of carbonyl (C=O) groups is 2. The van der Waals surface area contributed by atoms with Crippen molar-refractivity contribution in [2.24, 2.45) is 0 Å². The van der Waals surface area contributed by atoms with Gasteiger partial charge < -0.3 is 24.4 Å². The molecular weight excluding hydrogens is 484 g/mol. The minimum Gasteiger partial charge on any atom is -0.497 e. The highest BCUT2D eigenvalue weighted by Crippen LogP contribution is 2.34. The first-order chi connectivity index (χ1) is 18.2. The lowest BCUT2D eigenvalue weighted by Gasteiger charge is -2.34. The largest absolute Gasteiger partial charge is 0.497 e. The molecule has 1 aliphatic rings. The minimum absolute atomic E-state index is 0.0150. The van der Waals surface area contributed by atoms with Crippen molar-refractivity contribution in [1.29, 1.82) is 0 Å². The van der Waals surface area contributed by atoms with Gasteiger partial charge in [0.25, 0.3) is 5.91 Å². The van der Waals surface area contributed by atoms with Crippen LogP contribution in [0.25, 0.3) is 5.69 Å². The van der Waals surface area contributed by atoms with Crippen LogP contribution in [0, 0.1) is 0 Å². The molecular formula is C29H36N4O5. The van der Waals surface area contributed by atoms with Crippen LogP contribution in [0.4, 0.5) is 10.5 Å². The summed E-state index contributed by atoms with van der Waals surface area (Å²) in [4.78, 5) is 27.9. The lowest BCUT2D eigenvalue weighted by Crippen LogP contribution is -2.41. The number of amides is 2. The van der Waals surface area contributed by atoms with E-state index in [2.05, 4.69) is 10.4 Å². The number of aromatic nitrogens is 2. The molecule has 1 aliphatic heterocycles. The zero-order valence-corrected chi connectivity index (χ0v) is 22.7. The molecule has 9 nitrogen and oxygen atoms in total. The Morgan fingerprint density at radius 1 is 1.05 bits per heavy atom. The Morgan fingerprint density at radius 3 is 2.37 bits per heavy atom. The lowest BCUT2D eigenvalue weighted by molar-refractivity contribution is 0.0203. The Hall–Kier alpha value is -4.01. The van der Waals surface area contributed by atoms with Crippen molar-refractivity contribution in [2.75, 3.05) is 32.1 Å². The summed E-state index contributed by atoms with van der Waals surface area (Å²) in [5.41, 5.74) is 2.17. The van der Waals surface area contributed by atoms with E-state index in [1.54, 1.807) is 18.2 Å². The number of carbonyl (C=O) groups excluding carboxylic acids is 2. The number of hydrogen-bond acceptors (Lipinski definition) is 6. The number of rotatable bonds is 7. The fourth-order valence-corrected chi connectivity index (χ4v) is 4.56. The molecule has 4 rings (SSSR count). The van der Waals surface area contributed by atoms with E-state index in [1.807, 2.05) is 80.9 Å². The van der Waals surface area contributed by atoms with E-state index < -0.39 is 5.60 Å². The number of nitrogens with one attached hydrogen (secondary N) is 1. The number of methoxy groups -OCH3 is 1. The van der Waals surface area contributed by atoms with Crippen LogP contribution in [-0.2, 0) is 4.74 Å². The van der Waals surface area contributed by atoms with E-state index in [9.17, 15) is 9.59 Å². The van der Waals surface area contributed by atoms with E-state index in [-0.39, 0.29) is 17.9 Å². The molecule has 0 saturated carbocycles. The molecule has 2 amide bonds. The molecule has 0 aliphatic carbocycles. The second-order valence-electron chi connectivity index (χ2n) is 10.2. The predicted molar refractivity (Wildman–Crippen MR) is 145 cm³/mol. The lowest BCUT2D eigenvalue weighted by atomic mass is 9.90. The predicted octanol–water partition coefficient (Wildman–Crippen LogP) is 5.65. The minimum atomic E-state index is -0.552. The number of anilines is 1. The van der Waals surface area contributed by atoms with Crippen molar-refractivity contribution in [3.63, 3.8) is 0 Å². The number of nitrogens with zero attached hydrogens (tertiary/aromatic N) is 3. The molecule has 38 heavy (non-hydrogen) atoms. The van der Waals surface area contributed by atoms with Gasteiger partial charge in [-0.2, -0.15) is 5.10 Å². The summed E-state index contributed by atoms with van der Waals surface area (Å²) in [5.74, 6) is 1.10. The van der Waals surface area contributed by atoms with Crippen LogP contribution in [0.3, 0.4) is 0 Å². The van der Waals surface area contributed by atoms with Crippen LogP contribution in [-0.4, -0.2) is 59.1 Å². The first-order valence-electron chi connectivity index (χ1n) is 12.9. The molecule has 1 N–H and O–H groups in total. The molecule has 0 radical (unpaired) electrons. The molecule has 1 fully saturated rings. The van der Waals surface area contributed by atoms with Gasteiger partial charge in [0.05, 0.1) is 42.5 Å². The molecule has 0 atom stereocenters. The van der Waals surface area contributed by atoms with Crippen molar-refractivity contribution < 1.29 is 23.8 Å². The van der Waals surface area contributed by atoms with E-state index in [0.717, 1.165) is 17.1 Å². The average Bonchev–Trinajstić information content (AvgIpc) is 3.34. The SMILES string of the molecule is CCOc1ccccc1NC(=O)c1cnn(-c2ccc(OC)cc2)c1C1CCN(C(=O)OC(C)(C)C)CC1. The Labute approximate surface area is 223 Å². The topological polar surface area (TPSA) is 94.9 Å². The Kier molecular flexibility index (Phi) is 8.24. The van der Waals surface area contributed by atoms with Gasteiger partial charge in [0.15, 0.2) is 0 Å². The standard InChI is InChI=1S/C29H36N4O5/c1-6-37-25-10-8-7-9-24(25)31-27(34)23-19-30-33(21-11-13-22(36-5)14-12-21)26(23)20-15-17-32(18-16-20)28(35)38-29(2,3)4/h7-14,19-20H,6,15-18H2,1-5H3,(H,31,34). The van der Waals surface area contributed by atoms with Crippen LogP contribution in [0.5, 0.6) is 11.5 Å². The van der Waals surface area contributed by atoms with E-state index in [1.165, 1.54) is 0 Å². The van der Waals surface area contributed by atoms with Crippen molar-refractivity contribution in [1.82, 2.24) is 14.7 Å². The molecule has 202 valence electrons. The molecule has 0 spiro atoms. The average molecular weight is 521 g/mol. The van der Waals surface area contributed by atoms with Gasteiger partial charge in [-0.3, -0.25) is 4.79 Å². The second kappa shape index (κ2) is 11.6. The summed E-state index contributed by atoms with van der Waals surface area (Å²) >= 11 is 0. The third-order valence-corrected chi connectivity index (χ3v) is 6.34. The van der Waals surface area contributed by atoms with Crippen LogP contribution < -0.4 is 14.8 Å².